The van der Waals surface area contributed by atoms with Gasteiger partial charge >= 0.3 is 11.7 Å². The normalized spacial score (nSPS) is 27.1. The number of hydrogen-bond donors (Lipinski definition) is 1. The van der Waals surface area contributed by atoms with Gasteiger partial charge in [-0.3, -0.25) is 0 Å². The quantitative estimate of drug-likeness (QED) is 0.438. The second-order valence-corrected chi connectivity index (χ2v) is 3.54. The molecule has 0 saturated heterocycles. The summed E-state index contributed by atoms with van der Waals surface area (Å²) in [6, 6.07) is 6.49. The van der Waals surface area contributed by atoms with Crippen LogP contribution in [0, 0.1) is 56.8 Å². The van der Waals surface area contributed by atoms with Crippen LogP contribution in [0.5, 0.6) is 0 Å². The van der Waals surface area contributed by atoms with Gasteiger partial charge in [0.15, 0.2) is 12.1 Å². The summed E-state index contributed by atoms with van der Waals surface area (Å²) >= 11 is 0. The highest BCUT2D eigenvalue weighted by molar-refractivity contribution is 5.45. The maximum Gasteiger partial charge on any atom is 0.339 e. The third kappa shape index (κ3) is 1.08. The van der Waals surface area contributed by atoms with Gasteiger partial charge in [0.1, 0.15) is 18.3 Å². The van der Waals surface area contributed by atoms with Crippen LogP contribution in [0.25, 0.3) is 0 Å². The third-order valence-electron chi connectivity index (χ3n) is 2.78. The van der Waals surface area contributed by atoms with Gasteiger partial charge in [-0.25, -0.2) is 0 Å². The van der Waals surface area contributed by atoms with E-state index in [2.05, 4.69) is 5.32 Å². The SMILES string of the molecule is C[N+]1(C#N)C=CNC(C#N)(C#N)C1(C#N)C#N. The molecular formula is C10H6N7+. The van der Waals surface area contributed by atoms with Crippen molar-refractivity contribution in [3.63, 3.8) is 0 Å². The van der Waals surface area contributed by atoms with Crippen LogP contribution < -0.4 is 5.32 Å². The number of nitriles is 5. The number of nitrogens with one attached hydrogen (secondary N) is 1. The molecule has 1 heterocycles. The first-order valence-electron chi connectivity index (χ1n) is 4.39. The molecule has 0 aromatic rings. The first-order valence-corrected chi connectivity index (χ1v) is 4.39. The molecule has 1 unspecified atom stereocenters. The summed E-state index contributed by atoms with van der Waals surface area (Å²) in [7, 11) is 1.28. The van der Waals surface area contributed by atoms with Gasteiger partial charge in [-0.05, 0) is 0 Å². The lowest BCUT2D eigenvalue weighted by atomic mass is 9.76. The molecule has 1 aliphatic heterocycles. The Balaban J connectivity index is 3.77. The van der Waals surface area contributed by atoms with Crippen molar-refractivity contribution < 1.29 is 4.48 Å². The van der Waals surface area contributed by atoms with E-state index < -0.39 is 15.6 Å². The Bertz CT molecular complexity index is 555. The van der Waals surface area contributed by atoms with Crippen LogP contribution in [0.15, 0.2) is 12.4 Å². The molecule has 0 saturated carbocycles. The van der Waals surface area contributed by atoms with Gasteiger partial charge in [0.2, 0.25) is 0 Å². The molecule has 80 valence electrons. The average Bonchev–Trinajstić information content (AvgIpc) is 2.38. The van der Waals surface area contributed by atoms with Crippen LogP contribution >= 0.6 is 0 Å². The largest absolute Gasteiger partial charge is 0.350 e. The summed E-state index contributed by atoms with van der Waals surface area (Å²) in [5.74, 6) is 0. The van der Waals surface area contributed by atoms with Crippen molar-refractivity contribution in [3.8, 4) is 30.5 Å². The molecule has 1 N–H and O–H groups in total. The van der Waals surface area contributed by atoms with Crippen molar-refractivity contribution in [2.45, 2.75) is 11.1 Å². The Labute approximate surface area is 97.8 Å². The fourth-order valence-corrected chi connectivity index (χ4v) is 1.64. The summed E-state index contributed by atoms with van der Waals surface area (Å²) in [6.45, 7) is 0. The number of hydrogen-bond acceptors (Lipinski definition) is 6. The molecule has 0 fully saturated rings. The van der Waals surface area contributed by atoms with E-state index in [1.165, 1.54) is 19.4 Å². The Kier molecular flexibility index (Phi) is 2.48. The molecule has 7 nitrogen and oxygen atoms in total. The second kappa shape index (κ2) is 3.51. The molecule has 1 aliphatic rings. The molecule has 0 amide bonds. The smallest absolute Gasteiger partial charge is 0.339 e. The zero-order valence-electron chi connectivity index (χ0n) is 8.84. The molecule has 17 heavy (non-hydrogen) atoms. The highest BCUT2D eigenvalue weighted by Crippen LogP contribution is 2.35. The van der Waals surface area contributed by atoms with Gasteiger partial charge in [-0.2, -0.15) is 25.5 Å². The lowest BCUT2D eigenvalue weighted by Crippen LogP contribution is -2.73. The Morgan fingerprint density at radius 3 is 1.88 bits per heavy atom. The minimum atomic E-state index is -2.15. The Morgan fingerprint density at radius 1 is 1.00 bits per heavy atom. The minimum absolute atomic E-state index is 0.797. The molecule has 7 heteroatoms. The summed E-state index contributed by atoms with van der Waals surface area (Å²) < 4.78 is -0.797. The van der Waals surface area contributed by atoms with Crippen LogP contribution in [0.2, 0.25) is 0 Å². The second-order valence-electron chi connectivity index (χ2n) is 3.54. The number of likely N-dealkylation sites (N-methyl/N-ethyl adjacent to an activating group) is 1. The number of nitrogens with zero attached hydrogens (tertiary/aromatic N) is 6. The van der Waals surface area contributed by atoms with E-state index >= 15 is 0 Å². The third-order valence-corrected chi connectivity index (χ3v) is 2.78. The van der Waals surface area contributed by atoms with E-state index in [9.17, 15) is 10.5 Å². The van der Waals surface area contributed by atoms with E-state index in [0.717, 1.165) is 0 Å². The average molecular weight is 224 g/mol. The highest BCUT2D eigenvalue weighted by atomic mass is 15.4. The lowest BCUT2D eigenvalue weighted by molar-refractivity contribution is -0.836. The Morgan fingerprint density at radius 2 is 1.53 bits per heavy atom. The van der Waals surface area contributed by atoms with E-state index in [-0.39, 0.29) is 0 Å². The van der Waals surface area contributed by atoms with Gasteiger partial charge in [-0.1, -0.05) is 0 Å². The van der Waals surface area contributed by atoms with E-state index in [1.54, 1.807) is 30.5 Å². The van der Waals surface area contributed by atoms with E-state index in [4.69, 9.17) is 15.8 Å². The van der Waals surface area contributed by atoms with Crippen molar-refractivity contribution in [1.29, 1.82) is 26.3 Å². The van der Waals surface area contributed by atoms with E-state index in [0.29, 0.717) is 0 Å². The lowest BCUT2D eigenvalue weighted by Gasteiger charge is -2.41. The van der Waals surface area contributed by atoms with Crippen molar-refractivity contribution >= 4 is 0 Å². The fourth-order valence-electron chi connectivity index (χ4n) is 1.64. The predicted molar refractivity (Wildman–Crippen MR) is 52.0 cm³/mol. The molecule has 0 aliphatic carbocycles. The van der Waals surface area contributed by atoms with Crippen molar-refractivity contribution in [3.05, 3.63) is 12.4 Å². The number of rotatable bonds is 0. The fraction of sp³-hybridized carbons (Fsp3) is 0.300. The molecule has 1 atom stereocenters. The topological polar surface area (TPSA) is 131 Å². The van der Waals surface area contributed by atoms with Crippen molar-refractivity contribution in [2.24, 2.45) is 0 Å². The Hall–Kier alpha value is -3.05. The zero-order chi connectivity index (χ0) is 13.2. The number of quaternary nitrogens is 1. The molecule has 0 spiro atoms. The van der Waals surface area contributed by atoms with Crippen LogP contribution in [-0.2, 0) is 0 Å². The van der Waals surface area contributed by atoms with Gasteiger partial charge in [0, 0.05) is 0 Å². The van der Waals surface area contributed by atoms with Gasteiger partial charge in [0.05, 0.1) is 13.2 Å². The predicted octanol–water partition coefficient (Wildman–Crippen LogP) is -0.440. The standard InChI is InChI=1S/C10H6N7/c1-17(8-15)3-2-16-9(4-11,5-12)10(17,6-13)7-14/h2-3,16H,1H3/q+1. The van der Waals surface area contributed by atoms with Crippen LogP contribution in [0.3, 0.4) is 0 Å². The summed E-state index contributed by atoms with van der Waals surface area (Å²) in [4.78, 5) is 0. The van der Waals surface area contributed by atoms with Crippen LogP contribution in [0.4, 0.5) is 0 Å². The molecule has 0 bridgehead atoms. The van der Waals surface area contributed by atoms with Gasteiger partial charge in [-0.15, -0.1) is 5.26 Å². The molecule has 0 aromatic carbocycles. The minimum Gasteiger partial charge on any atom is -0.350 e. The van der Waals surface area contributed by atoms with Crippen LogP contribution in [0.1, 0.15) is 0 Å². The molecule has 0 aromatic heterocycles. The zero-order valence-corrected chi connectivity index (χ0v) is 8.84. The summed E-state index contributed by atoms with van der Waals surface area (Å²) in [5.41, 5.74) is -4.24. The van der Waals surface area contributed by atoms with Gasteiger partial charge in [0.25, 0.3) is 5.54 Å². The van der Waals surface area contributed by atoms with Crippen molar-refractivity contribution in [2.75, 3.05) is 7.05 Å². The summed E-state index contributed by atoms with van der Waals surface area (Å²) in [5, 5.41) is 48.0. The first kappa shape index (κ1) is 12.0. The van der Waals surface area contributed by atoms with E-state index in [1.807, 2.05) is 0 Å². The monoisotopic (exact) mass is 224 g/mol. The van der Waals surface area contributed by atoms with Gasteiger partial charge < -0.3 is 5.32 Å². The summed E-state index contributed by atoms with van der Waals surface area (Å²) in [6.07, 6.45) is 4.23. The molecule has 1 rings (SSSR count). The maximum atomic E-state index is 9.19. The van der Waals surface area contributed by atoms with Crippen molar-refractivity contribution in [1.82, 2.24) is 5.32 Å². The molecular weight excluding hydrogens is 218 g/mol. The van der Waals surface area contributed by atoms with Crippen LogP contribution in [-0.4, -0.2) is 22.6 Å². The maximum absolute atomic E-state index is 9.19. The molecule has 0 radical (unpaired) electrons. The first-order chi connectivity index (χ1) is 8.01. The highest BCUT2D eigenvalue weighted by Gasteiger charge is 2.69.